The summed E-state index contributed by atoms with van der Waals surface area (Å²) >= 11 is 0. The fourth-order valence-electron chi connectivity index (χ4n) is 0.710. The molecule has 1 unspecified atom stereocenters. The zero-order valence-corrected chi connectivity index (χ0v) is 6.54. The van der Waals surface area contributed by atoms with E-state index in [4.69, 9.17) is 0 Å². The van der Waals surface area contributed by atoms with Gasteiger partial charge in [-0.15, -0.1) is 0 Å². The fraction of sp³-hybridized carbons (Fsp3) is 0.125. The molecule has 0 saturated heterocycles. The van der Waals surface area contributed by atoms with Crippen LogP contribution >= 0.6 is 0 Å². The molecule has 0 aromatic heterocycles. The number of alkyl halides is 1. The Morgan fingerprint density at radius 2 is 2.08 bits per heavy atom. The number of nitrogens with two attached hydrogens (primary N) is 1. The molecule has 2 N–H and O–H groups in total. The van der Waals surface area contributed by atoms with E-state index in [-0.39, 0.29) is 5.75 Å². The average Bonchev–Trinajstić information content (AvgIpc) is 2.08. The highest BCUT2D eigenvalue weighted by atomic mass is 19.1. The van der Waals surface area contributed by atoms with Gasteiger partial charge < -0.3 is 10.5 Å². The van der Waals surface area contributed by atoms with Gasteiger partial charge in [0, 0.05) is 0 Å². The van der Waals surface area contributed by atoms with Gasteiger partial charge in [-0.25, -0.2) is 4.39 Å². The molecule has 0 bridgehead atoms. The number of benzene rings is 1. The molecular formula is C8H7F2NO2. The number of rotatable bonds is 3. The average molecular weight is 187 g/mol. The van der Waals surface area contributed by atoms with Crippen LogP contribution < -0.4 is 10.5 Å². The van der Waals surface area contributed by atoms with Crippen molar-refractivity contribution in [1.82, 2.24) is 0 Å². The number of halogens is 2. The van der Waals surface area contributed by atoms with Crippen molar-refractivity contribution in [2.24, 2.45) is 5.73 Å². The highest BCUT2D eigenvalue weighted by Crippen LogP contribution is 2.17. The van der Waals surface area contributed by atoms with E-state index in [0.29, 0.717) is 0 Å². The summed E-state index contributed by atoms with van der Waals surface area (Å²) in [4.78, 5) is 10.2. The van der Waals surface area contributed by atoms with Gasteiger partial charge in [-0.1, -0.05) is 12.1 Å². The highest BCUT2D eigenvalue weighted by Gasteiger charge is 2.16. The number of amides is 1. The van der Waals surface area contributed by atoms with Crippen LogP contribution in [0.2, 0.25) is 0 Å². The first-order valence-electron chi connectivity index (χ1n) is 3.46. The maximum Gasteiger partial charge on any atom is 0.316 e. The van der Waals surface area contributed by atoms with Crippen molar-refractivity contribution >= 4 is 5.91 Å². The lowest BCUT2D eigenvalue weighted by Crippen LogP contribution is -2.29. The van der Waals surface area contributed by atoms with Gasteiger partial charge >= 0.3 is 6.36 Å². The molecule has 0 aliphatic rings. The molecule has 0 radical (unpaired) electrons. The van der Waals surface area contributed by atoms with Crippen LogP contribution in [0.25, 0.3) is 0 Å². The molecule has 5 heteroatoms. The zero-order chi connectivity index (χ0) is 9.84. The number of carbonyl (C=O) groups excluding carboxylic acids is 1. The number of ether oxygens (including phenoxy) is 1. The van der Waals surface area contributed by atoms with Crippen molar-refractivity contribution in [1.29, 1.82) is 0 Å². The molecule has 0 heterocycles. The quantitative estimate of drug-likeness (QED) is 0.766. The molecule has 0 spiro atoms. The third-order valence-corrected chi connectivity index (χ3v) is 1.29. The minimum absolute atomic E-state index is 0.339. The van der Waals surface area contributed by atoms with Gasteiger partial charge in [-0.05, 0) is 12.1 Å². The van der Waals surface area contributed by atoms with Gasteiger partial charge in [-0.3, -0.25) is 4.79 Å². The zero-order valence-electron chi connectivity index (χ0n) is 6.54. The third-order valence-electron chi connectivity index (χ3n) is 1.29. The van der Waals surface area contributed by atoms with Crippen LogP contribution in [0.1, 0.15) is 0 Å². The second-order valence-electron chi connectivity index (χ2n) is 2.27. The minimum atomic E-state index is -2.32. The van der Waals surface area contributed by atoms with Crippen LogP contribution in [0, 0.1) is 5.82 Å². The van der Waals surface area contributed by atoms with E-state index in [1.807, 2.05) is 0 Å². The molecule has 3 nitrogen and oxygen atoms in total. The van der Waals surface area contributed by atoms with E-state index in [2.05, 4.69) is 10.5 Å². The van der Waals surface area contributed by atoms with Crippen LogP contribution in [0.4, 0.5) is 8.78 Å². The second-order valence-corrected chi connectivity index (χ2v) is 2.27. The third kappa shape index (κ3) is 2.40. The Morgan fingerprint density at radius 3 is 2.62 bits per heavy atom. The van der Waals surface area contributed by atoms with E-state index in [1.54, 1.807) is 0 Å². The van der Waals surface area contributed by atoms with Gasteiger partial charge in [0.15, 0.2) is 11.6 Å². The van der Waals surface area contributed by atoms with Gasteiger partial charge in [0.2, 0.25) is 0 Å². The summed E-state index contributed by atoms with van der Waals surface area (Å²) in [6.45, 7) is 0. The Kier molecular flexibility index (Phi) is 2.79. The molecular weight excluding hydrogens is 180 g/mol. The van der Waals surface area contributed by atoms with Gasteiger partial charge in [0.25, 0.3) is 5.91 Å². The minimum Gasteiger partial charge on any atom is -0.449 e. The Bertz CT molecular complexity index is 317. The number of para-hydroxylation sites is 1. The molecule has 13 heavy (non-hydrogen) atoms. The Hall–Kier alpha value is -1.65. The SMILES string of the molecule is NC(=O)C(F)Oc1ccccc1F. The first kappa shape index (κ1) is 9.44. The maximum atomic E-state index is 12.8. The standard InChI is InChI=1S/C8H7F2NO2/c9-5-3-1-2-4-6(5)13-7(10)8(11)12/h1-4,7H,(H2,11,12). The molecule has 1 rings (SSSR count). The second kappa shape index (κ2) is 3.84. The van der Waals surface area contributed by atoms with Crippen LogP contribution in [0.5, 0.6) is 5.75 Å². The molecule has 1 atom stereocenters. The Balaban J connectivity index is 2.74. The first-order chi connectivity index (χ1) is 6.11. The summed E-state index contributed by atoms with van der Waals surface area (Å²) in [6.07, 6.45) is -2.32. The summed E-state index contributed by atoms with van der Waals surface area (Å²) in [5.41, 5.74) is 4.57. The van der Waals surface area contributed by atoms with E-state index >= 15 is 0 Å². The van der Waals surface area contributed by atoms with E-state index in [9.17, 15) is 13.6 Å². The van der Waals surface area contributed by atoms with Crippen LogP contribution in [-0.2, 0) is 4.79 Å². The molecule has 0 aliphatic heterocycles. The van der Waals surface area contributed by atoms with Crippen molar-refractivity contribution in [3.8, 4) is 5.75 Å². The topological polar surface area (TPSA) is 52.3 Å². The number of hydrogen-bond acceptors (Lipinski definition) is 2. The lowest BCUT2D eigenvalue weighted by Gasteiger charge is -2.07. The summed E-state index contributed by atoms with van der Waals surface area (Å²) in [7, 11) is 0. The predicted molar refractivity (Wildman–Crippen MR) is 41.1 cm³/mol. The Labute approximate surface area is 73.1 Å². The molecule has 1 amide bonds. The first-order valence-corrected chi connectivity index (χ1v) is 3.46. The molecule has 70 valence electrons. The molecule has 1 aromatic carbocycles. The highest BCUT2D eigenvalue weighted by molar-refractivity contribution is 5.77. The van der Waals surface area contributed by atoms with Crippen molar-refractivity contribution < 1.29 is 18.3 Å². The monoisotopic (exact) mass is 187 g/mol. The maximum absolute atomic E-state index is 12.8. The van der Waals surface area contributed by atoms with Crippen molar-refractivity contribution in [3.05, 3.63) is 30.1 Å². The van der Waals surface area contributed by atoms with Crippen LogP contribution in [-0.4, -0.2) is 12.3 Å². The van der Waals surface area contributed by atoms with E-state index in [1.165, 1.54) is 18.2 Å². The van der Waals surface area contributed by atoms with Crippen molar-refractivity contribution in [2.45, 2.75) is 6.36 Å². The summed E-state index contributed by atoms with van der Waals surface area (Å²) in [6, 6.07) is 5.15. The predicted octanol–water partition coefficient (Wildman–Crippen LogP) is 0.985. The largest absolute Gasteiger partial charge is 0.449 e. The molecule has 0 saturated carbocycles. The number of primary amides is 1. The molecule has 1 aromatic rings. The number of hydrogen-bond donors (Lipinski definition) is 1. The number of carbonyl (C=O) groups is 1. The van der Waals surface area contributed by atoms with Gasteiger partial charge in [-0.2, -0.15) is 4.39 Å². The lowest BCUT2D eigenvalue weighted by atomic mass is 10.3. The summed E-state index contributed by atoms with van der Waals surface area (Å²) in [5, 5.41) is 0. The van der Waals surface area contributed by atoms with Gasteiger partial charge in [0.05, 0.1) is 0 Å². The summed E-state index contributed by atoms with van der Waals surface area (Å²) < 4.78 is 29.6. The van der Waals surface area contributed by atoms with E-state index < -0.39 is 18.1 Å². The van der Waals surface area contributed by atoms with Crippen LogP contribution in [0.15, 0.2) is 24.3 Å². The lowest BCUT2D eigenvalue weighted by molar-refractivity contribution is -0.132. The Morgan fingerprint density at radius 1 is 1.46 bits per heavy atom. The molecule has 0 aliphatic carbocycles. The normalized spacial score (nSPS) is 12.2. The van der Waals surface area contributed by atoms with Crippen molar-refractivity contribution in [3.63, 3.8) is 0 Å². The fourth-order valence-corrected chi connectivity index (χ4v) is 0.710. The van der Waals surface area contributed by atoms with Gasteiger partial charge in [0.1, 0.15) is 0 Å². The molecule has 0 fully saturated rings. The van der Waals surface area contributed by atoms with E-state index in [0.717, 1.165) is 6.07 Å². The van der Waals surface area contributed by atoms with Crippen LogP contribution in [0.3, 0.4) is 0 Å². The smallest absolute Gasteiger partial charge is 0.316 e. The summed E-state index contributed by atoms with van der Waals surface area (Å²) in [5.74, 6) is -2.37. The van der Waals surface area contributed by atoms with Crippen molar-refractivity contribution in [2.75, 3.05) is 0 Å².